The van der Waals surface area contributed by atoms with Crippen LogP contribution in [-0.4, -0.2) is 36.3 Å². The number of carbonyl (C=O) groups is 2. The minimum Gasteiger partial charge on any atom is -0.283 e. The molecule has 2 rings (SSSR count). The van der Waals surface area contributed by atoms with Crippen LogP contribution in [0.5, 0.6) is 0 Å². The molecule has 58 valence electrons. The summed E-state index contributed by atoms with van der Waals surface area (Å²) in [7, 11) is 1.48. The molecule has 0 aromatic carbocycles. The maximum Gasteiger partial charge on any atom is 0.256 e. The normalized spacial score (nSPS) is 35.2. The van der Waals surface area contributed by atoms with E-state index in [2.05, 4.69) is 10.2 Å². The third kappa shape index (κ3) is 0.649. The quantitative estimate of drug-likeness (QED) is 0.438. The van der Waals surface area contributed by atoms with Crippen LogP contribution in [0.1, 0.15) is 0 Å². The van der Waals surface area contributed by atoms with Crippen LogP contribution in [0.15, 0.2) is 10.2 Å². The van der Waals surface area contributed by atoms with E-state index in [9.17, 15) is 9.59 Å². The fraction of sp³-hybridized carbons (Fsp3) is 0.667. The van der Waals surface area contributed by atoms with Crippen LogP contribution in [0.2, 0.25) is 0 Å². The van der Waals surface area contributed by atoms with Gasteiger partial charge in [0, 0.05) is 7.05 Å². The number of imide groups is 1. The zero-order chi connectivity index (χ0) is 8.01. The molecule has 0 unspecified atom stereocenters. The van der Waals surface area contributed by atoms with E-state index in [0.717, 1.165) is 4.90 Å². The average molecular weight is 153 g/mol. The number of hydrogen-bond acceptors (Lipinski definition) is 4. The van der Waals surface area contributed by atoms with Gasteiger partial charge in [-0.15, -0.1) is 0 Å². The van der Waals surface area contributed by atoms with Gasteiger partial charge in [-0.25, -0.2) is 0 Å². The standard InChI is InChI=1S/C6H7N3O2/c1-9-5(10)3-2-7-8-4(3)6(9)11/h3-4H,2H2,1H3/t3-,4+/m0/s1. The van der Waals surface area contributed by atoms with Gasteiger partial charge >= 0.3 is 0 Å². The van der Waals surface area contributed by atoms with Crippen LogP contribution >= 0.6 is 0 Å². The number of carbonyl (C=O) groups excluding carboxylic acids is 2. The fourth-order valence-corrected chi connectivity index (χ4v) is 1.39. The smallest absolute Gasteiger partial charge is 0.256 e. The summed E-state index contributed by atoms with van der Waals surface area (Å²) in [6, 6.07) is -0.507. The predicted molar refractivity (Wildman–Crippen MR) is 34.8 cm³/mol. The number of likely N-dealkylation sites (N-methyl/N-ethyl adjacent to an activating group) is 1. The molecule has 1 saturated heterocycles. The Hall–Kier alpha value is -1.26. The first-order valence-electron chi connectivity index (χ1n) is 3.40. The van der Waals surface area contributed by atoms with Crippen molar-refractivity contribution >= 4 is 11.8 Å². The SMILES string of the molecule is CN1C(=O)[C@H]2CN=N[C@H]2C1=O. The molecule has 11 heavy (non-hydrogen) atoms. The summed E-state index contributed by atoms with van der Waals surface area (Å²) in [6.45, 7) is 0.375. The van der Waals surface area contributed by atoms with Crippen molar-refractivity contribution in [1.82, 2.24) is 4.90 Å². The molecule has 2 aliphatic rings. The number of likely N-dealkylation sites (tertiary alicyclic amines) is 1. The molecule has 2 heterocycles. The van der Waals surface area contributed by atoms with Crippen molar-refractivity contribution in [2.45, 2.75) is 6.04 Å². The van der Waals surface area contributed by atoms with Crippen molar-refractivity contribution in [3.8, 4) is 0 Å². The van der Waals surface area contributed by atoms with Gasteiger partial charge in [0.25, 0.3) is 5.91 Å². The molecule has 5 nitrogen and oxygen atoms in total. The molecule has 0 radical (unpaired) electrons. The van der Waals surface area contributed by atoms with Crippen molar-refractivity contribution in [3.63, 3.8) is 0 Å². The van der Waals surface area contributed by atoms with Crippen molar-refractivity contribution in [3.05, 3.63) is 0 Å². The molecular formula is C6H7N3O2. The van der Waals surface area contributed by atoms with Crippen molar-refractivity contribution in [2.75, 3.05) is 13.6 Å². The molecule has 2 amide bonds. The molecule has 5 heteroatoms. The third-order valence-electron chi connectivity index (χ3n) is 2.10. The highest BCUT2D eigenvalue weighted by Crippen LogP contribution is 2.26. The lowest BCUT2D eigenvalue weighted by atomic mass is 10.1. The zero-order valence-electron chi connectivity index (χ0n) is 6.02. The van der Waals surface area contributed by atoms with Crippen LogP contribution in [0.25, 0.3) is 0 Å². The molecule has 0 bridgehead atoms. The van der Waals surface area contributed by atoms with Gasteiger partial charge in [0.15, 0.2) is 6.04 Å². The summed E-state index contributed by atoms with van der Waals surface area (Å²) in [5.41, 5.74) is 0. The van der Waals surface area contributed by atoms with Gasteiger partial charge in [0.2, 0.25) is 5.91 Å². The van der Waals surface area contributed by atoms with Crippen LogP contribution in [0.3, 0.4) is 0 Å². The second-order valence-electron chi connectivity index (χ2n) is 2.73. The molecule has 0 spiro atoms. The number of amides is 2. The molecule has 2 atom stereocenters. The number of hydrogen-bond donors (Lipinski definition) is 0. The van der Waals surface area contributed by atoms with Crippen LogP contribution < -0.4 is 0 Å². The van der Waals surface area contributed by atoms with Crippen molar-refractivity contribution in [1.29, 1.82) is 0 Å². The number of rotatable bonds is 0. The Bertz CT molecular complexity index is 261. The Balaban J connectivity index is 2.36. The first kappa shape index (κ1) is 6.45. The second-order valence-corrected chi connectivity index (χ2v) is 2.73. The van der Waals surface area contributed by atoms with Gasteiger partial charge in [0.05, 0.1) is 12.5 Å². The van der Waals surface area contributed by atoms with E-state index in [4.69, 9.17) is 0 Å². The maximum absolute atomic E-state index is 11.2. The Labute approximate surface area is 63.1 Å². The highest BCUT2D eigenvalue weighted by atomic mass is 16.2. The highest BCUT2D eigenvalue weighted by molar-refractivity contribution is 6.07. The first-order valence-corrected chi connectivity index (χ1v) is 3.40. The summed E-state index contributed by atoms with van der Waals surface area (Å²) >= 11 is 0. The lowest BCUT2D eigenvalue weighted by Gasteiger charge is -2.04. The summed E-state index contributed by atoms with van der Waals surface area (Å²) in [6.07, 6.45) is 0. The Morgan fingerprint density at radius 2 is 2.18 bits per heavy atom. The molecule has 0 N–H and O–H groups in total. The second kappa shape index (κ2) is 1.87. The first-order chi connectivity index (χ1) is 5.22. The van der Waals surface area contributed by atoms with E-state index in [-0.39, 0.29) is 17.7 Å². The molecule has 0 aliphatic carbocycles. The monoisotopic (exact) mass is 153 g/mol. The van der Waals surface area contributed by atoms with Crippen molar-refractivity contribution in [2.24, 2.45) is 16.1 Å². The molecule has 0 aromatic heterocycles. The predicted octanol–water partition coefficient (Wildman–Crippen LogP) is -0.564. The van der Waals surface area contributed by atoms with E-state index < -0.39 is 6.04 Å². The third-order valence-corrected chi connectivity index (χ3v) is 2.10. The maximum atomic E-state index is 11.2. The lowest BCUT2D eigenvalue weighted by Crippen LogP contribution is -2.27. The van der Waals surface area contributed by atoms with Crippen LogP contribution in [0, 0.1) is 5.92 Å². The summed E-state index contributed by atoms with van der Waals surface area (Å²) in [5, 5.41) is 7.35. The van der Waals surface area contributed by atoms with Crippen LogP contribution in [-0.2, 0) is 9.59 Å². The highest BCUT2D eigenvalue weighted by Gasteiger charge is 2.48. The summed E-state index contributed by atoms with van der Waals surface area (Å²) < 4.78 is 0. The van der Waals surface area contributed by atoms with Gasteiger partial charge in [-0.2, -0.15) is 10.2 Å². The minimum absolute atomic E-state index is 0.148. The molecule has 2 aliphatic heterocycles. The molecule has 0 aromatic rings. The largest absolute Gasteiger partial charge is 0.283 e. The minimum atomic E-state index is -0.507. The van der Waals surface area contributed by atoms with Gasteiger partial charge < -0.3 is 0 Å². The number of nitrogens with zero attached hydrogens (tertiary/aromatic N) is 3. The van der Waals surface area contributed by atoms with Crippen molar-refractivity contribution < 1.29 is 9.59 Å². The topological polar surface area (TPSA) is 62.1 Å². The Kier molecular flexibility index (Phi) is 1.10. The number of fused-ring (bicyclic) bond motifs is 1. The molecule has 1 fully saturated rings. The Morgan fingerprint density at radius 3 is 2.82 bits per heavy atom. The average Bonchev–Trinajstić information content (AvgIpc) is 2.53. The zero-order valence-corrected chi connectivity index (χ0v) is 6.02. The van der Waals surface area contributed by atoms with E-state index >= 15 is 0 Å². The van der Waals surface area contributed by atoms with Gasteiger partial charge in [-0.1, -0.05) is 0 Å². The van der Waals surface area contributed by atoms with Gasteiger partial charge in [-0.05, 0) is 0 Å². The number of azo groups is 1. The van der Waals surface area contributed by atoms with E-state index in [1.54, 1.807) is 0 Å². The van der Waals surface area contributed by atoms with E-state index in [1.807, 2.05) is 0 Å². The summed E-state index contributed by atoms with van der Waals surface area (Å²) in [5.74, 6) is -0.668. The van der Waals surface area contributed by atoms with E-state index in [0.29, 0.717) is 6.54 Å². The van der Waals surface area contributed by atoms with Gasteiger partial charge in [0.1, 0.15) is 0 Å². The molecule has 0 saturated carbocycles. The van der Waals surface area contributed by atoms with Crippen LogP contribution in [0.4, 0.5) is 0 Å². The molecular weight excluding hydrogens is 146 g/mol. The summed E-state index contributed by atoms with van der Waals surface area (Å²) in [4.78, 5) is 23.5. The lowest BCUT2D eigenvalue weighted by molar-refractivity contribution is -0.137. The van der Waals surface area contributed by atoms with Gasteiger partial charge in [-0.3, -0.25) is 14.5 Å². The fourth-order valence-electron chi connectivity index (χ4n) is 1.39. The Morgan fingerprint density at radius 1 is 1.45 bits per heavy atom. The van der Waals surface area contributed by atoms with E-state index in [1.165, 1.54) is 7.05 Å².